The Bertz CT molecular complexity index is 4670. The summed E-state index contributed by atoms with van der Waals surface area (Å²) in [6.45, 7) is 0. The fourth-order valence-corrected chi connectivity index (χ4v) is 15.4. The summed E-state index contributed by atoms with van der Waals surface area (Å²) in [6, 6.07) is 58.8. The Hall–Kier alpha value is -9.88. The Labute approximate surface area is 572 Å². The van der Waals surface area contributed by atoms with Crippen molar-refractivity contribution >= 4 is 87.3 Å². The molecule has 17 nitrogen and oxygen atoms in total. The number of fused-ring (bicyclic) bond motifs is 1. The van der Waals surface area contributed by atoms with Crippen molar-refractivity contribution in [2.45, 2.75) is 117 Å². The second-order valence-electron chi connectivity index (χ2n) is 22.6. The van der Waals surface area contributed by atoms with Gasteiger partial charge in [0.05, 0.1) is 44.2 Å². The number of nitrogens with one attached hydrogen (secondary N) is 3. The molecule has 10 aromatic rings. The number of thiophene rings is 1. The van der Waals surface area contributed by atoms with Crippen LogP contribution in [0, 0.1) is 0 Å². The zero-order chi connectivity index (χ0) is 70.1. The van der Waals surface area contributed by atoms with Crippen LogP contribution in [0.4, 0.5) is 30.2 Å². The van der Waals surface area contributed by atoms with Crippen molar-refractivity contribution in [3.8, 4) is 5.75 Å². The number of aromatic nitrogens is 1. The third-order valence-corrected chi connectivity index (χ3v) is 21.3. The number of hydrogen-bond acceptors (Lipinski definition) is 12. The number of ether oxygens (including phenoxy) is 1. The first-order valence-corrected chi connectivity index (χ1v) is 36.8. The first-order valence-electron chi connectivity index (χ1n) is 31.5. The molecule has 24 heteroatoms. The highest BCUT2D eigenvalue weighted by Gasteiger charge is 2.31. The summed E-state index contributed by atoms with van der Waals surface area (Å²) in [6.07, 6.45) is 8.53. The molecule has 6 N–H and O–H groups in total. The number of alkyl halides is 3. The van der Waals surface area contributed by atoms with Crippen LogP contribution >= 0.6 is 11.3 Å². The summed E-state index contributed by atoms with van der Waals surface area (Å²) >= 11 is 1.19. The number of anilines is 3. The molecule has 0 fully saturated rings. The third kappa shape index (κ3) is 22.1. The van der Waals surface area contributed by atoms with E-state index in [4.69, 9.17) is 0 Å². The number of pyridine rings is 1. The molecule has 98 heavy (non-hydrogen) atoms. The number of sulfonamides is 3. The number of aryl methyl sites for hydroxylation is 6. The Kier molecular flexibility index (Phi) is 26.7. The molecular formula is C74H73F3N4O13S4. The molecule has 0 radical (unpaired) electrons. The number of unbranched alkanes of at least 4 members (excludes halogenated alkanes) is 6. The molecule has 0 atom stereocenters. The average molecular weight is 1410 g/mol. The van der Waals surface area contributed by atoms with Crippen molar-refractivity contribution < 1.29 is 72.9 Å². The molecule has 0 unspecified atom stereocenters. The maximum absolute atomic E-state index is 13.2. The lowest BCUT2D eigenvalue weighted by Crippen LogP contribution is -2.17. The summed E-state index contributed by atoms with van der Waals surface area (Å²) in [5.74, 6) is -3.27. The van der Waals surface area contributed by atoms with E-state index in [1.54, 1.807) is 127 Å². The van der Waals surface area contributed by atoms with Crippen LogP contribution < -0.4 is 18.9 Å². The Balaban J connectivity index is 0.000000188. The van der Waals surface area contributed by atoms with E-state index in [0.29, 0.717) is 69.2 Å². The van der Waals surface area contributed by atoms with Gasteiger partial charge in [0.15, 0.2) is 0 Å². The lowest BCUT2D eigenvalue weighted by Gasteiger charge is -2.14. The molecule has 0 aliphatic rings. The second-order valence-corrected chi connectivity index (χ2v) is 28.8. The van der Waals surface area contributed by atoms with Crippen molar-refractivity contribution in [3.63, 3.8) is 0 Å². The van der Waals surface area contributed by atoms with Crippen molar-refractivity contribution in [2.75, 3.05) is 14.2 Å². The normalized spacial score (nSPS) is 11.5. The molecule has 0 aliphatic heterocycles. The lowest BCUT2D eigenvalue weighted by atomic mass is 9.99. The standard InChI is InChI=1S/C27H26N2O4S.C25H24F3NO5S.C22H23NO4S2/c30-27(31)23-16-6-4-11-20(23)10-2-1-3-12-21-13-5-7-17-24(21)29-34(32,33)25-18-8-14-22-15-9-19-28-26(22)25;26-25(27,28)34-20-14-16-21(17-15-20)35(32,33)29-23-13-7-5-11-19(23)10-3-1-2-8-18-9-4-6-12-22(18)24(30)31;24-22(25)19-13-6-4-10-17(19)9-2-1-3-11-18-12-5-7-14-20(18)23-29(26,27)21-15-8-16-28-21/h4-9,11,13-19,29H,1-3,10,12H2,(H,30,31);4-7,9,11-17,29H,1-3,8,10H2,(H,30,31);4-8,10,12-16,23H,1-3,9,11H2,(H,24,25). The number of aromatic carboxylic acids is 3. The van der Waals surface area contributed by atoms with Crippen LogP contribution in [0.5, 0.6) is 5.75 Å². The van der Waals surface area contributed by atoms with E-state index in [1.165, 1.54) is 11.3 Å². The highest BCUT2D eigenvalue weighted by molar-refractivity contribution is 7.94. The minimum Gasteiger partial charge on any atom is -0.478 e. The smallest absolute Gasteiger partial charge is 0.478 e. The van der Waals surface area contributed by atoms with Gasteiger partial charge in [0, 0.05) is 11.6 Å². The molecule has 2 aromatic heterocycles. The van der Waals surface area contributed by atoms with Crippen molar-refractivity contribution in [1.82, 2.24) is 4.98 Å². The number of benzene rings is 8. The Morgan fingerprint density at radius 1 is 0.398 bits per heavy atom. The van der Waals surface area contributed by atoms with Gasteiger partial charge in [-0.3, -0.25) is 19.2 Å². The quantitative estimate of drug-likeness (QED) is 0.0221. The molecule has 0 saturated heterocycles. The predicted molar refractivity (Wildman–Crippen MR) is 375 cm³/mol. The Morgan fingerprint density at radius 2 is 0.765 bits per heavy atom. The van der Waals surface area contributed by atoms with Gasteiger partial charge in [-0.2, -0.15) is 0 Å². The van der Waals surface area contributed by atoms with E-state index in [9.17, 15) is 68.1 Å². The second kappa shape index (κ2) is 35.4. The minimum atomic E-state index is -4.86. The van der Waals surface area contributed by atoms with Crippen molar-refractivity contribution in [1.29, 1.82) is 0 Å². The fraction of sp³-hybridized carbons (Fsp3) is 0.216. The lowest BCUT2D eigenvalue weighted by molar-refractivity contribution is -0.274. The summed E-state index contributed by atoms with van der Waals surface area (Å²) < 4.78 is 126. The number of carboxylic acid groups (broad SMARTS) is 3. The van der Waals surface area contributed by atoms with Gasteiger partial charge in [0.1, 0.15) is 14.9 Å². The minimum absolute atomic E-state index is 0.150. The van der Waals surface area contributed by atoms with Crippen LogP contribution in [0.2, 0.25) is 0 Å². The summed E-state index contributed by atoms with van der Waals surface area (Å²) in [4.78, 5) is 38.2. The van der Waals surface area contributed by atoms with E-state index >= 15 is 0 Å². The average Bonchev–Trinajstić information content (AvgIpc) is 1.23. The van der Waals surface area contributed by atoms with Gasteiger partial charge < -0.3 is 20.1 Å². The molecule has 0 saturated carbocycles. The highest BCUT2D eigenvalue weighted by atomic mass is 32.2. The van der Waals surface area contributed by atoms with Crippen LogP contribution in [-0.4, -0.2) is 69.8 Å². The van der Waals surface area contributed by atoms with Gasteiger partial charge in [-0.1, -0.05) is 153 Å². The number of nitrogens with zero attached hydrogens (tertiary/aromatic N) is 1. The SMILES string of the molecule is O=C(O)c1ccccc1CCCCCc1ccccc1NS(=O)(=O)c1ccc(OC(F)(F)F)cc1.O=C(O)c1ccccc1CCCCCc1ccccc1NS(=O)(=O)c1cccc2cccnc12.O=C(O)c1ccccc1CCCCCc1ccccc1NS(=O)(=O)c1cccs1. The molecule has 0 aliphatic carbocycles. The Morgan fingerprint density at radius 3 is 1.16 bits per heavy atom. The topological polar surface area (TPSA) is 273 Å². The van der Waals surface area contributed by atoms with Gasteiger partial charge in [0.25, 0.3) is 30.1 Å². The molecule has 8 aromatic carbocycles. The zero-order valence-corrected chi connectivity index (χ0v) is 56.4. The largest absolute Gasteiger partial charge is 0.573 e. The van der Waals surface area contributed by atoms with E-state index in [1.807, 2.05) is 72.8 Å². The number of hydrogen-bond donors (Lipinski definition) is 6. The number of para-hydroxylation sites is 4. The molecular weight excluding hydrogens is 1340 g/mol. The number of carboxylic acids is 3. The third-order valence-electron chi connectivity index (χ3n) is 15.7. The number of halogens is 3. The van der Waals surface area contributed by atoms with Crippen molar-refractivity contribution in [3.05, 3.63) is 274 Å². The van der Waals surface area contributed by atoms with Gasteiger partial charge >= 0.3 is 24.3 Å². The molecule has 10 rings (SSSR count). The van der Waals surface area contributed by atoms with Gasteiger partial charge in [0.2, 0.25) is 0 Å². The maximum atomic E-state index is 13.2. The van der Waals surface area contributed by atoms with Gasteiger partial charge in [-0.25, -0.2) is 39.6 Å². The molecule has 0 amide bonds. The van der Waals surface area contributed by atoms with Gasteiger partial charge in [-0.15, -0.1) is 24.5 Å². The number of rotatable bonds is 31. The highest BCUT2D eigenvalue weighted by Crippen LogP contribution is 2.30. The van der Waals surface area contributed by atoms with E-state index in [2.05, 4.69) is 23.9 Å². The predicted octanol–water partition coefficient (Wildman–Crippen LogP) is 16.9. The van der Waals surface area contributed by atoms with Gasteiger partial charge in [-0.05, 0) is 195 Å². The van der Waals surface area contributed by atoms with Crippen molar-refractivity contribution in [2.24, 2.45) is 0 Å². The molecule has 0 bridgehead atoms. The van der Waals surface area contributed by atoms with Crippen LogP contribution in [0.3, 0.4) is 0 Å². The van der Waals surface area contributed by atoms with E-state index in [0.717, 1.165) is 134 Å². The molecule has 2 heterocycles. The summed E-state index contributed by atoms with van der Waals surface area (Å²) in [5.41, 5.74) is 8.13. The van der Waals surface area contributed by atoms with E-state index in [-0.39, 0.29) is 9.79 Å². The van der Waals surface area contributed by atoms with Crippen LogP contribution in [0.15, 0.2) is 238 Å². The number of carbonyl (C=O) groups is 3. The first kappa shape index (κ1) is 73.9. The first-order chi connectivity index (χ1) is 47.0. The van der Waals surface area contributed by atoms with Crippen LogP contribution in [0.1, 0.15) is 122 Å². The summed E-state index contributed by atoms with van der Waals surface area (Å²) in [5, 5.41) is 30.4. The maximum Gasteiger partial charge on any atom is 0.573 e. The van der Waals surface area contributed by atoms with Crippen LogP contribution in [0.25, 0.3) is 10.9 Å². The fourth-order valence-electron chi connectivity index (χ4n) is 10.9. The zero-order valence-electron chi connectivity index (χ0n) is 53.1. The molecule has 512 valence electrons. The van der Waals surface area contributed by atoms with Crippen LogP contribution in [-0.2, 0) is 68.6 Å². The molecule has 0 spiro atoms. The monoisotopic (exact) mass is 1410 g/mol. The summed E-state index contributed by atoms with van der Waals surface area (Å²) in [7, 11) is -11.4. The van der Waals surface area contributed by atoms with E-state index < -0.39 is 60.1 Å².